The van der Waals surface area contributed by atoms with Crippen LogP contribution in [0.2, 0.25) is 0 Å². The van der Waals surface area contributed by atoms with Crippen molar-refractivity contribution in [1.29, 1.82) is 0 Å². The lowest BCUT2D eigenvalue weighted by Crippen LogP contribution is -2.62. The van der Waals surface area contributed by atoms with Crippen LogP contribution in [-0.2, 0) is 65.6 Å². The van der Waals surface area contributed by atoms with Gasteiger partial charge in [0.25, 0.3) is 0 Å². The van der Waals surface area contributed by atoms with Crippen molar-refractivity contribution >= 4 is 86.9 Å². The van der Waals surface area contributed by atoms with Gasteiger partial charge in [-0.05, 0) is 68.3 Å². The second-order valence-electron chi connectivity index (χ2n) is 19.3. The molecule has 0 aliphatic rings. The lowest BCUT2D eigenvalue weighted by Gasteiger charge is -2.29. The molecule has 4 rings (SSSR count). The Morgan fingerprint density at radius 1 is 0.550 bits per heavy atom. The zero-order valence-corrected chi connectivity index (χ0v) is 44.5. The van der Waals surface area contributed by atoms with Crippen LogP contribution in [0.3, 0.4) is 0 Å². The Kier molecular flexibility index (Phi) is 25.0. The molecule has 2 heterocycles. The summed E-state index contributed by atoms with van der Waals surface area (Å²) in [4.78, 5) is 151. The van der Waals surface area contributed by atoms with Crippen molar-refractivity contribution in [3.8, 4) is 0 Å². The standard InChI is InChI=1S/C52H73N13O15/c1-4-26(2)43(65-48(75)37(20-29-23-57-34-14-8-6-12-31(29)34)61-46(73)35(15-9-10-18-53)59-45(72)32(54)16-17-41(55)68)51(78)64-40(25-67)50(77)63-39(24-66)49(76)58-27(3)44(71)60-36(47(74)62-38(52(79)80)21-42(69)70)19-28-22-56-33-13-7-5-11-30(28)33/h5-8,11-14,22-23,26-27,32,35-40,43,56-57,66-67H,4,9-10,15-21,24-25,53-54H2,1-3H3,(H2,55,68)(H,58,76)(H,59,72)(H,60,71)(H,61,73)(H,62,74)(H,63,77)(H,64,78)(H,65,75)(H,69,70)(H,79,80)/t26-,27-,32-,35-,36-,37-,38-,39-,40-,43-/m0/s1. The molecule has 0 saturated heterocycles. The minimum atomic E-state index is -1.87. The number of nitrogens with two attached hydrogens (primary N) is 3. The molecule has 0 aliphatic carbocycles. The topological polar surface area (TPSA) is 475 Å². The summed E-state index contributed by atoms with van der Waals surface area (Å²) in [6.45, 7) is 2.67. The number of aliphatic carboxylic acids is 2. The van der Waals surface area contributed by atoms with Crippen LogP contribution in [-0.4, -0.2) is 170 Å². The van der Waals surface area contributed by atoms with Gasteiger partial charge in [0.1, 0.15) is 48.3 Å². The summed E-state index contributed by atoms with van der Waals surface area (Å²) in [5.74, 6) is -12.3. The quantitative estimate of drug-likeness (QED) is 0.0203. The monoisotopic (exact) mass is 1120 g/mol. The molecule has 28 heteroatoms. The van der Waals surface area contributed by atoms with E-state index >= 15 is 0 Å². The number of carbonyl (C=O) groups is 11. The average molecular weight is 1120 g/mol. The van der Waals surface area contributed by atoms with Gasteiger partial charge in [-0.25, -0.2) is 4.79 Å². The Morgan fingerprint density at radius 3 is 1.50 bits per heavy atom. The highest BCUT2D eigenvalue weighted by Crippen LogP contribution is 2.21. The van der Waals surface area contributed by atoms with Gasteiger partial charge in [0.2, 0.25) is 53.2 Å². The molecule has 9 amide bonds. The SMILES string of the molecule is CC[C@H](C)[C@H](NC(=O)[C@H](Cc1c[nH]c2ccccc12)NC(=O)[C@H](CCCCN)NC(=O)[C@@H](N)CCC(N)=O)C(=O)N[C@@H](CO)C(=O)N[C@@H](CO)C(=O)N[C@@H](C)C(=O)N[C@@H](Cc1c[nH]c2ccccc12)C(=O)N[C@@H](CC(=O)O)C(=O)O. The molecule has 10 atom stereocenters. The molecule has 2 aromatic carbocycles. The maximum absolute atomic E-state index is 14.5. The van der Waals surface area contributed by atoms with Gasteiger partial charge in [0.15, 0.2) is 0 Å². The number of aromatic amines is 2. The Balaban J connectivity index is 1.49. The van der Waals surface area contributed by atoms with Gasteiger partial charge in [0.05, 0.1) is 25.7 Å². The summed E-state index contributed by atoms with van der Waals surface area (Å²) in [7, 11) is 0. The third-order valence-electron chi connectivity index (χ3n) is 13.3. The number of fused-ring (bicyclic) bond motifs is 2. The molecule has 0 unspecified atom stereocenters. The van der Waals surface area contributed by atoms with Crippen LogP contribution in [0.4, 0.5) is 0 Å². The molecule has 20 N–H and O–H groups in total. The molecule has 0 bridgehead atoms. The highest BCUT2D eigenvalue weighted by Gasteiger charge is 2.36. The van der Waals surface area contributed by atoms with E-state index in [1.807, 2.05) is 0 Å². The van der Waals surface area contributed by atoms with Crippen molar-refractivity contribution in [2.75, 3.05) is 19.8 Å². The van der Waals surface area contributed by atoms with E-state index in [-0.39, 0.29) is 45.1 Å². The number of carboxylic acid groups (broad SMARTS) is 2. The molecule has 0 radical (unpaired) electrons. The predicted octanol–water partition coefficient (Wildman–Crippen LogP) is -3.36. The summed E-state index contributed by atoms with van der Waals surface area (Å²) in [5, 5.41) is 60.1. The van der Waals surface area contributed by atoms with E-state index < -0.39 is 145 Å². The largest absolute Gasteiger partial charge is 0.481 e. The molecule has 4 aromatic rings. The van der Waals surface area contributed by atoms with E-state index in [1.165, 1.54) is 6.92 Å². The van der Waals surface area contributed by atoms with Crippen LogP contribution in [0.25, 0.3) is 21.8 Å². The van der Waals surface area contributed by atoms with E-state index in [1.54, 1.807) is 74.8 Å². The van der Waals surface area contributed by atoms with Gasteiger partial charge in [0, 0.05) is 53.5 Å². The summed E-state index contributed by atoms with van der Waals surface area (Å²) in [6, 6.07) is 0.323. The number of aliphatic hydroxyl groups excluding tert-OH is 2. The summed E-state index contributed by atoms with van der Waals surface area (Å²) in [5.41, 5.74) is 19.4. The highest BCUT2D eigenvalue weighted by atomic mass is 16.4. The van der Waals surface area contributed by atoms with Crippen LogP contribution in [0.15, 0.2) is 60.9 Å². The van der Waals surface area contributed by atoms with Crippen molar-refractivity contribution in [3.05, 3.63) is 72.1 Å². The summed E-state index contributed by atoms with van der Waals surface area (Å²) in [6.07, 6.45) is 2.79. The molecule has 0 fully saturated rings. The highest BCUT2D eigenvalue weighted by molar-refractivity contribution is 5.99. The van der Waals surface area contributed by atoms with Crippen LogP contribution in [0, 0.1) is 5.92 Å². The zero-order valence-electron chi connectivity index (χ0n) is 44.5. The maximum atomic E-state index is 14.5. The number of primary amides is 1. The maximum Gasteiger partial charge on any atom is 0.326 e. The van der Waals surface area contributed by atoms with Gasteiger partial charge in [-0.3, -0.25) is 47.9 Å². The van der Waals surface area contributed by atoms with Crippen molar-refractivity contribution in [1.82, 2.24) is 52.5 Å². The minimum absolute atomic E-state index is 0.0821. The second-order valence-corrected chi connectivity index (χ2v) is 19.3. The van der Waals surface area contributed by atoms with Crippen molar-refractivity contribution in [2.45, 2.75) is 133 Å². The molecule has 436 valence electrons. The predicted molar refractivity (Wildman–Crippen MR) is 288 cm³/mol. The van der Waals surface area contributed by atoms with Gasteiger partial charge in [-0.2, -0.15) is 0 Å². The van der Waals surface area contributed by atoms with E-state index in [2.05, 4.69) is 52.5 Å². The number of carboxylic acids is 2. The molecule has 2 aromatic heterocycles. The Hall–Kier alpha value is -8.47. The first-order valence-electron chi connectivity index (χ1n) is 25.9. The van der Waals surface area contributed by atoms with Gasteiger partial charge in [-0.15, -0.1) is 0 Å². The first-order chi connectivity index (χ1) is 38.0. The molecule has 0 aliphatic heterocycles. The second kappa shape index (κ2) is 31.2. The first kappa shape index (κ1) is 64.1. The number of nitrogens with one attached hydrogen (secondary N) is 10. The van der Waals surface area contributed by atoms with Gasteiger partial charge >= 0.3 is 11.9 Å². The number of amides is 9. The van der Waals surface area contributed by atoms with Crippen LogP contribution >= 0.6 is 0 Å². The molecule has 0 saturated carbocycles. The molecule has 80 heavy (non-hydrogen) atoms. The number of hydrogen-bond donors (Lipinski definition) is 17. The first-order valence-corrected chi connectivity index (χ1v) is 25.9. The van der Waals surface area contributed by atoms with E-state index in [9.17, 15) is 73.2 Å². The molecular weight excluding hydrogens is 1050 g/mol. The molecular formula is C52H73N13O15. The molecule has 28 nitrogen and oxygen atoms in total. The Labute approximate surface area is 459 Å². The number of para-hydroxylation sites is 2. The van der Waals surface area contributed by atoms with Crippen LogP contribution in [0.5, 0.6) is 0 Å². The van der Waals surface area contributed by atoms with Crippen molar-refractivity contribution < 1.29 is 73.2 Å². The fraction of sp³-hybridized carbons (Fsp3) is 0.481. The smallest absolute Gasteiger partial charge is 0.326 e. The Morgan fingerprint density at radius 2 is 1.00 bits per heavy atom. The lowest BCUT2D eigenvalue weighted by molar-refractivity contribution is -0.147. The number of rotatable bonds is 34. The van der Waals surface area contributed by atoms with Crippen molar-refractivity contribution in [3.63, 3.8) is 0 Å². The van der Waals surface area contributed by atoms with E-state index in [0.29, 0.717) is 40.3 Å². The zero-order chi connectivity index (χ0) is 59.2. The number of H-pyrrole nitrogens is 2. The fourth-order valence-electron chi connectivity index (χ4n) is 8.40. The van der Waals surface area contributed by atoms with E-state index in [4.69, 9.17) is 17.2 Å². The fourth-order valence-corrected chi connectivity index (χ4v) is 8.40. The number of carbonyl (C=O) groups excluding carboxylic acids is 9. The number of aliphatic hydroxyl groups is 2. The minimum Gasteiger partial charge on any atom is -0.481 e. The summed E-state index contributed by atoms with van der Waals surface area (Å²) < 4.78 is 0. The number of aromatic nitrogens is 2. The Bertz CT molecular complexity index is 2840. The summed E-state index contributed by atoms with van der Waals surface area (Å²) >= 11 is 0. The van der Waals surface area contributed by atoms with Gasteiger partial charge < -0.3 is 90.1 Å². The van der Waals surface area contributed by atoms with Crippen LogP contribution < -0.4 is 59.7 Å². The normalized spacial score (nSPS) is 15.0. The van der Waals surface area contributed by atoms with E-state index in [0.717, 1.165) is 5.52 Å². The van der Waals surface area contributed by atoms with Crippen LogP contribution in [0.1, 0.15) is 76.8 Å². The third-order valence-corrected chi connectivity index (χ3v) is 13.3. The molecule has 0 spiro atoms. The number of unbranched alkanes of at least 4 members (excludes halogenated alkanes) is 1. The number of benzene rings is 2. The lowest BCUT2D eigenvalue weighted by atomic mass is 9.96. The average Bonchev–Trinajstić information content (AvgIpc) is 4.07. The number of hydrogen-bond acceptors (Lipinski definition) is 15. The van der Waals surface area contributed by atoms with Crippen molar-refractivity contribution in [2.24, 2.45) is 23.1 Å². The van der Waals surface area contributed by atoms with Gasteiger partial charge in [-0.1, -0.05) is 56.7 Å². The third kappa shape index (κ3) is 18.9.